The highest BCUT2D eigenvalue weighted by Gasteiger charge is 2.07. The second-order valence-corrected chi connectivity index (χ2v) is 8.58. The number of ether oxygens (including phenoxy) is 1. The quantitative estimate of drug-likeness (QED) is 0.523. The molecule has 0 saturated carbocycles. The third-order valence-electron chi connectivity index (χ3n) is 4.25. The Labute approximate surface area is 168 Å². The van der Waals surface area contributed by atoms with Crippen LogP contribution >= 0.6 is 0 Å². The largest absolute Gasteiger partial charge is 0.494 e. The summed E-state index contributed by atoms with van der Waals surface area (Å²) in [6.45, 7) is 5.94. The predicted octanol–water partition coefficient (Wildman–Crippen LogP) is 2.70. The lowest BCUT2D eigenvalue weighted by molar-refractivity contribution is 0.336. The minimum atomic E-state index is -3.16. The van der Waals surface area contributed by atoms with E-state index in [-0.39, 0.29) is 0 Å². The number of sulfone groups is 1. The van der Waals surface area contributed by atoms with Crippen LogP contribution in [0.1, 0.15) is 23.6 Å². The van der Waals surface area contributed by atoms with Gasteiger partial charge in [0, 0.05) is 32.0 Å². The molecule has 0 saturated heterocycles. The van der Waals surface area contributed by atoms with Crippen molar-refractivity contribution in [2.24, 2.45) is 4.99 Å². The van der Waals surface area contributed by atoms with Crippen molar-refractivity contribution in [2.75, 3.05) is 26.5 Å². The molecule has 0 amide bonds. The summed E-state index contributed by atoms with van der Waals surface area (Å²) in [5, 5.41) is 6.57. The zero-order valence-corrected chi connectivity index (χ0v) is 17.8. The summed E-state index contributed by atoms with van der Waals surface area (Å²) in [6.07, 6.45) is 1.98. The lowest BCUT2D eigenvalue weighted by Crippen LogP contribution is -2.37. The minimum Gasteiger partial charge on any atom is -0.494 e. The maximum Gasteiger partial charge on any atom is 0.191 e. The van der Waals surface area contributed by atoms with Gasteiger partial charge in [0.1, 0.15) is 5.75 Å². The fourth-order valence-corrected chi connectivity index (χ4v) is 3.36. The molecule has 2 aromatic carbocycles. The first-order valence-electron chi connectivity index (χ1n) is 9.29. The van der Waals surface area contributed by atoms with Crippen LogP contribution in [-0.4, -0.2) is 40.8 Å². The van der Waals surface area contributed by atoms with E-state index in [1.807, 2.05) is 32.0 Å². The van der Waals surface area contributed by atoms with Gasteiger partial charge in [0.25, 0.3) is 0 Å². The Morgan fingerprint density at radius 1 is 1.11 bits per heavy atom. The second-order valence-electron chi connectivity index (χ2n) is 6.56. The zero-order chi connectivity index (χ0) is 20.6. The van der Waals surface area contributed by atoms with Gasteiger partial charge < -0.3 is 15.4 Å². The highest BCUT2D eigenvalue weighted by Crippen LogP contribution is 2.20. The monoisotopic (exact) mass is 403 g/mol. The summed E-state index contributed by atoms with van der Waals surface area (Å²) >= 11 is 0. The van der Waals surface area contributed by atoms with Crippen LogP contribution in [0.25, 0.3) is 0 Å². The number of hydrogen-bond donors (Lipinski definition) is 2. The average Bonchev–Trinajstić information content (AvgIpc) is 2.65. The van der Waals surface area contributed by atoms with E-state index < -0.39 is 9.84 Å². The van der Waals surface area contributed by atoms with Crippen LogP contribution in [0.4, 0.5) is 0 Å². The molecule has 2 aromatic rings. The summed E-state index contributed by atoms with van der Waals surface area (Å²) in [7, 11) is -1.43. The van der Waals surface area contributed by atoms with E-state index in [1.165, 1.54) is 6.26 Å². The van der Waals surface area contributed by atoms with Crippen molar-refractivity contribution in [3.05, 3.63) is 59.2 Å². The van der Waals surface area contributed by atoms with Crippen LogP contribution in [0.2, 0.25) is 0 Å². The average molecular weight is 404 g/mol. The molecule has 0 bridgehead atoms. The number of benzene rings is 2. The van der Waals surface area contributed by atoms with Gasteiger partial charge in [0.15, 0.2) is 15.8 Å². The number of hydrogen-bond acceptors (Lipinski definition) is 4. The smallest absolute Gasteiger partial charge is 0.191 e. The molecule has 0 fully saturated rings. The maximum absolute atomic E-state index is 11.5. The van der Waals surface area contributed by atoms with Gasteiger partial charge in [-0.3, -0.25) is 4.99 Å². The van der Waals surface area contributed by atoms with Crippen LogP contribution in [-0.2, 0) is 22.8 Å². The van der Waals surface area contributed by atoms with E-state index in [4.69, 9.17) is 4.74 Å². The zero-order valence-electron chi connectivity index (χ0n) is 17.0. The lowest BCUT2D eigenvalue weighted by atomic mass is 10.1. The fraction of sp³-hybridized carbons (Fsp3) is 0.381. The van der Waals surface area contributed by atoms with E-state index >= 15 is 0 Å². The van der Waals surface area contributed by atoms with Crippen LogP contribution in [0.3, 0.4) is 0 Å². The normalized spacial score (nSPS) is 11.9. The molecule has 2 rings (SSSR count). The Hall–Kier alpha value is -2.54. The number of aryl methyl sites for hydroxylation is 1. The van der Waals surface area contributed by atoms with Gasteiger partial charge in [-0.05, 0) is 49.6 Å². The summed E-state index contributed by atoms with van der Waals surface area (Å²) in [5.41, 5.74) is 3.30. The van der Waals surface area contributed by atoms with Crippen molar-refractivity contribution < 1.29 is 13.2 Å². The fourth-order valence-electron chi connectivity index (χ4n) is 2.73. The van der Waals surface area contributed by atoms with Crippen molar-refractivity contribution in [1.29, 1.82) is 0 Å². The molecule has 0 aliphatic rings. The number of nitrogens with zero attached hydrogens (tertiary/aromatic N) is 1. The topological polar surface area (TPSA) is 79.8 Å². The minimum absolute atomic E-state index is 0.338. The SMILES string of the molecule is CCOc1cc(C)ccc1CNC(=NC)NCCc1ccc(S(C)(=O)=O)cc1. The van der Waals surface area contributed by atoms with E-state index in [9.17, 15) is 8.42 Å². The lowest BCUT2D eigenvalue weighted by Gasteiger charge is -2.15. The Kier molecular flexibility index (Phi) is 7.87. The van der Waals surface area contributed by atoms with E-state index in [1.54, 1.807) is 19.2 Å². The van der Waals surface area contributed by atoms with Crippen LogP contribution < -0.4 is 15.4 Å². The first kappa shape index (κ1) is 21.8. The highest BCUT2D eigenvalue weighted by atomic mass is 32.2. The Morgan fingerprint density at radius 3 is 2.43 bits per heavy atom. The molecule has 0 aliphatic heterocycles. The first-order valence-corrected chi connectivity index (χ1v) is 11.2. The van der Waals surface area contributed by atoms with E-state index in [0.717, 1.165) is 28.9 Å². The van der Waals surface area contributed by atoms with Crippen molar-refractivity contribution in [3.63, 3.8) is 0 Å². The molecule has 28 heavy (non-hydrogen) atoms. The number of rotatable bonds is 8. The maximum atomic E-state index is 11.5. The van der Waals surface area contributed by atoms with Gasteiger partial charge in [-0.1, -0.05) is 24.3 Å². The molecule has 0 aliphatic carbocycles. The van der Waals surface area contributed by atoms with Crippen molar-refractivity contribution in [1.82, 2.24) is 10.6 Å². The van der Waals surface area contributed by atoms with Crippen LogP contribution in [0, 0.1) is 6.92 Å². The van der Waals surface area contributed by atoms with Crippen LogP contribution in [0.15, 0.2) is 52.4 Å². The Morgan fingerprint density at radius 2 is 1.82 bits per heavy atom. The molecule has 7 heteroatoms. The van der Waals surface area contributed by atoms with Gasteiger partial charge in [-0.25, -0.2) is 8.42 Å². The Balaban J connectivity index is 1.87. The van der Waals surface area contributed by atoms with E-state index in [0.29, 0.717) is 30.6 Å². The predicted molar refractivity (Wildman–Crippen MR) is 114 cm³/mol. The molecular weight excluding hydrogens is 374 g/mol. The molecule has 0 heterocycles. The summed E-state index contributed by atoms with van der Waals surface area (Å²) in [5.74, 6) is 1.59. The standard InChI is InChI=1S/C21H29N3O3S/c1-5-27-20-14-16(2)6-9-18(20)15-24-21(22-3)23-13-12-17-7-10-19(11-8-17)28(4,25)26/h6-11,14H,5,12-13,15H2,1-4H3,(H2,22,23,24). The molecule has 6 nitrogen and oxygen atoms in total. The molecule has 0 aromatic heterocycles. The summed E-state index contributed by atoms with van der Waals surface area (Å²) in [6, 6.07) is 13.1. The molecule has 152 valence electrons. The Bertz CT molecular complexity index is 907. The van der Waals surface area contributed by atoms with E-state index in [2.05, 4.69) is 27.8 Å². The molecule has 0 atom stereocenters. The third-order valence-corrected chi connectivity index (χ3v) is 5.38. The van der Waals surface area contributed by atoms with Gasteiger partial charge in [-0.15, -0.1) is 0 Å². The van der Waals surface area contributed by atoms with Gasteiger partial charge in [-0.2, -0.15) is 0 Å². The first-order chi connectivity index (χ1) is 13.3. The third kappa shape index (κ3) is 6.56. The summed E-state index contributed by atoms with van der Waals surface area (Å²) < 4.78 is 28.7. The molecular formula is C21H29N3O3S. The second kappa shape index (κ2) is 10.1. The molecule has 0 spiro atoms. The number of nitrogens with one attached hydrogen (secondary N) is 2. The van der Waals surface area contributed by atoms with Crippen molar-refractivity contribution >= 4 is 15.8 Å². The van der Waals surface area contributed by atoms with Gasteiger partial charge in [0.05, 0.1) is 11.5 Å². The molecule has 0 unspecified atom stereocenters. The van der Waals surface area contributed by atoms with Gasteiger partial charge in [0.2, 0.25) is 0 Å². The van der Waals surface area contributed by atoms with Crippen molar-refractivity contribution in [3.8, 4) is 5.75 Å². The molecule has 0 radical (unpaired) electrons. The number of aliphatic imine (C=N–C) groups is 1. The van der Waals surface area contributed by atoms with Crippen LogP contribution in [0.5, 0.6) is 5.75 Å². The van der Waals surface area contributed by atoms with Gasteiger partial charge >= 0.3 is 0 Å². The summed E-state index contributed by atoms with van der Waals surface area (Å²) in [4.78, 5) is 4.59. The number of guanidine groups is 1. The highest BCUT2D eigenvalue weighted by molar-refractivity contribution is 7.90. The van der Waals surface area contributed by atoms with Crippen molar-refractivity contribution in [2.45, 2.75) is 31.7 Å². The molecule has 2 N–H and O–H groups in total.